The third-order valence-electron chi connectivity index (χ3n) is 1.84. The molecule has 4 nitrogen and oxygen atoms in total. The van der Waals surface area contributed by atoms with Gasteiger partial charge in [-0.15, -0.1) is 0 Å². The highest BCUT2D eigenvalue weighted by Crippen LogP contribution is 2.14. The van der Waals surface area contributed by atoms with Crippen LogP contribution in [0, 0.1) is 11.3 Å². The Morgan fingerprint density at radius 2 is 2.54 bits per heavy atom. The summed E-state index contributed by atoms with van der Waals surface area (Å²) in [7, 11) is 1.54. The van der Waals surface area contributed by atoms with E-state index in [0.717, 1.165) is 0 Å². The molecule has 0 aromatic rings. The summed E-state index contributed by atoms with van der Waals surface area (Å²) >= 11 is 0. The number of aliphatic hydroxyl groups excluding tert-OH is 1. The van der Waals surface area contributed by atoms with Crippen molar-refractivity contribution in [2.45, 2.75) is 0 Å². The van der Waals surface area contributed by atoms with E-state index >= 15 is 0 Å². The maximum Gasteiger partial charge on any atom is 0.135 e. The lowest BCUT2D eigenvalue weighted by atomic mass is 10.2. The zero-order valence-electron chi connectivity index (χ0n) is 7.53. The predicted octanol–water partition coefficient (Wildman–Crippen LogP) is 0.232. The minimum Gasteiger partial charge on any atom is -0.496 e. The van der Waals surface area contributed by atoms with Crippen molar-refractivity contribution < 1.29 is 9.84 Å². The quantitative estimate of drug-likeness (QED) is 0.675. The Balaban J connectivity index is 2.70. The Kier molecular flexibility index (Phi) is 3.35. The van der Waals surface area contributed by atoms with E-state index in [1.165, 1.54) is 0 Å². The molecule has 13 heavy (non-hydrogen) atoms. The van der Waals surface area contributed by atoms with Crippen LogP contribution in [0.4, 0.5) is 0 Å². The van der Waals surface area contributed by atoms with Crippen molar-refractivity contribution in [1.82, 2.24) is 4.90 Å². The third-order valence-corrected chi connectivity index (χ3v) is 1.84. The van der Waals surface area contributed by atoms with Crippen molar-refractivity contribution in [3.8, 4) is 6.07 Å². The number of nitriles is 1. The molecule has 0 spiro atoms. The first-order chi connectivity index (χ1) is 6.31. The van der Waals surface area contributed by atoms with Gasteiger partial charge in [-0.25, -0.2) is 0 Å². The zero-order valence-corrected chi connectivity index (χ0v) is 7.53. The minimum absolute atomic E-state index is 0.0887. The summed E-state index contributed by atoms with van der Waals surface area (Å²) in [5.41, 5.74) is 0.596. The summed E-state index contributed by atoms with van der Waals surface area (Å²) < 4.78 is 5.00. The molecule has 0 aromatic carbocycles. The number of ether oxygens (including phenoxy) is 1. The fraction of sp³-hybridized carbons (Fsp3) is 0.444. The number of methoxy groups -OCH3 is 1. The molecule has 0 aromatic heterocycles. The lowest BCUT2D eigenvalue weighted by molar-refractivity contribution is 0.235. The van der Waals surface area contributed by atoms with Gasteiger partial charge in [0, 0.05) is 12.7 Å². The van der Waals surface area contributed by atoms with E-state index in [1.807, 2.05) is 11.1 Å². The predicted molar refractivity (Wildman–Crippen MR) is 47.4 cm³/mol. The van der Waals surface area contributed by atoms with Crippen LogP contribution >= 0.6 is 0 Å². The van der Waals surface area contributed by atoms with Crippen LogP contribution in [0.5, 0.6) is 0 Å². The van der Waals surface area contributed by atoms with E-state index in [4.69, 9.17) is 15.1 Å². The van der Waals surface area contributed by atoms with Crippen molar-refractivity contribution >= 4 is 0 Å². The SMILES string of the molecule is COC1=C(C#N)CN(CCO)C=C1. The molecule has 0 bridgehead atoms. The number of rotatable bonds is 3. The summed E-state index contributed by atoms with van der Waals surface area (Å²) in [4.78, 5) is 1.86. The largest absolute Gasteiger partial charge is 0.496 e. The molecule has 1 rings (SSSR count). The number of allylic oxidation sites excluding steroid dienone is 1. The molecule has 1 aliphatic rings. The van der Waals surface area contributed by atoms with Crippen LogP contribution in [0.2, 0.25) is 0 Å². The number of nitrogens with zero attached hydrogens (tertiary/aromatic N) is 2. The van der Waals surface area contributed by atoms with Gasteiger partial charge in [0.05, 0.1) is 25.8 Å². The first-order valence-electron chi connectivity index (χ1n) is 4.02. The highest BCUT2D eigenvalue weighted by atomic mass is 16.5. The van der Waals surface area contributed by atoms with E-state index in [0.29, 0.717) is 24.4 Å². The summed E-state index contributed by atoms with van der Waals surface area (Å²) in [5, 5.41) is 17.5. The standard InChI is InChI=1S/C9H12N2O2/c1-13-9-2-3-11(4-5-12)7-8(9)6-10/h2-3,12H,4-5,7H2,1H3. The maximum absolute atomic E-state index is 8.77. The van der Waals surface area contributed by atoms with Crippen LogP contribution in [-0.2, 0) is 4.74 Å². The van der Waals surface area contributed by atoms with Crippen molar-refractivity contribution in [1.29, 1.82) is 5.26 Å². The van der Waals surface area contributed by atoms with Gasteiger partial charge in [0.25, 0.3) is 0 Å². The molecule has 70 valence electrons. The van der Waals surface area contributed by atoms with E-state index < -0.39 is 0 Å². The topological polar surface area (TPSA) is 56.5 Å². The van der Waals surface area contributed by atoms with E-state index in [-0.39, 0.29) is 6.61 Å². The summed E-state index contributed by atoms with van der Waals surface area (Å²) in [6.45, 7) is 1.14. The fourth-order valence-electron chi connectivity index (χ4n) is 1.17. The van der Waals surface area contributed by atoms with Crippen molar-refractivity contribution in [3.63, 3.8) is 0 Å². The monoisotopic (exact) mass is 180 g/mol. The third kappa shape index (κ3) is 2.23. The minimum atomic E-state index is 0.0887. The molecule has 1 aliphatic heterocycles. The Morgan fingerprint density at radius 1 is 1.77 bits per heavy atom. The van der Waals surface area contributed by atoms with Crippen molar-refractivity contribution in [2.75, 3.05) is 26.8 Å². The highest BCUT2D eigenvalue weighted by molar-refractivity contribution is 5.35. The average molecular weight is 180 g/mol. The van der Waals surface area contributed by atoms with Gasteiger partial charge in [-0.1, -0.05) is 0 Å². The van der Waals surface area contributed by atoms with E-state index in [9.17, 15) is 0 Å². The smallest absolute Gasteiger partial charge is 0.135 e. The summed E-state index contributed by atoms with van der Waals surface area (Å²) in [6.07, 6.45) is 3.55. The van der Waals surface area contributed by atoms with Crippen LogP contribution in [0.3, 0.4) is 0 Å². The molecular weight excluding hydrogens is 168 g/mol. The Bertz CT molecular complexity index is 276. The molecule has 0 atom stereocenters. The van der Waals surface area contributed by atoms with Crippen molar-refractivity contribution in [3.05, 3.63) is 23.6 Å². The highest BCUT2D eigenvalue weighted by Gasteiger charge is 2.12. The molecule has 0 radical (unpaired) electrons. The fourth-order valence-corrected chi connectivity index (χ4v) is 1.17. The summed E-state index contributed by atoms with van der Waals surface area (Å²) in [5.74, 6) is 0.608. The van der Waals surface area contributed by atoms with Crippen LogP contribution in [0.15, 0.2) is 23.6 Å². The molecular formula is C9H12N2O2. The average Bonchev–Trinajstić information content (AvgIpc) is 2.18. The van der Waals surface area contributed by atoms with Crippen LogP contribution in [0.1, 0.15) is 0 Å². The zero-order chi connectivity index (χ0) is 9.68. The Hall–Kier alpha value is -1.47. The second kappa shape index (κ2) is 4.53. The van der Waals surface area contributed by atoms with Crippen LogP contribution in [0.25, 0.3) is 0 Å². The lowest BCUT2D eigenvalue weighted by Crippen LogP contribution is -2.26. The molecule has 0 fully saturated rings. The molecule has 0 aliphatic carbocycles. The number of hydrogen-bond donors (Lipinski definition) is 1. The van der Waals surface area contributed by atoms with Gasteiger partial charge in [-0.05, 0) is 6.08 Å². The normalized spacial score (nSPS) is 15.9. The Labute approximate surface area is 77.3 Å². The van der Waals surface area contributed by atoms with E-state index in [2.05, 4.69) is 6.07 Å². The first kappa shape index (κ1) is 9.62. The van der Waals surface area contributed by atoms with Gasteiger partial charge in [-0.3, -0.25) is 0 Å². The molecule has 0 saturated carbocycles. The molecule has 0 amide bonds. The van der Waals surface area contributed by atoms with Crippen molar-refractivity contribution in [2.24, 2.45) is 0 Å². The molecule has 4 heteroatoms. The molecule has 0 saturated heterocycles. The van der Waals surface area contributed by atoms with Gasteiger partial charge in [0.2, 0.25) is 0 Å². The maximum atomic E-state index is 8.77. The second-order valence-electron chi connectivity index (χ2n) is 2.67. The van der Waals surface area contributed by atoms with Crippen LogP contribution < -0.4 is 0 Å². The molecule has 0 unspecified atom stereocenters. The van der Waals surface area contributed by atoms with Gasteiger partial charge >= 0.3 is 0 Å². The molecule has 1 heterocycles. The summed E-state index contributed by atoms with van der Waals surface area (Å²) in [6, 6.07) is 2.07. The van der Waals surface area contributed by atoms with Gasteiger partial charge in [-0.2, -0.15) is 5.26 Å². The second-order valence-corrected chi connectivity index (χ2v) is 2.67. The first-order valence-corrected chi connectivity index (χ1v) is 4.02. The van der Waals surface area contributed by atoms with Gasteiger partial charge < -0.3 is 14.7 Å². The lowest BCUT2D eigenvalue weighted by Gasteiger charge is -2.23. The Morgan fingerprint density at radius 3 is 3.08 bits per heavy atom. The number of aliphatic hydroxyl groups is 1. The van der Waals surface area contributed by atoms with Crippen LogP contribution in [-0.4, -0.2) is 36.8 Å². The van der Waals surface area contributed by atoms with Gasteiger partial charge in [0.15, 0.2) is 0 Å². The van der Waals surface area contributed by atoms with E-state index in [1.54, 1.807) is 13.2 Å². The molecule has 1 N–H and O–H groups in total. The number of β-amino-alcohol motifs (C(OH)–C–C–N with tert-alkyl or cyclic N) is 1. The van der Waals surface area contributed by atoms with Gasteiger partial charge in [0.1, 0.15) is 11.8 Å². The number of hydrogen-bond acceptors (Lipinski definition) is 4.